The average molecular weight is 364 g/mol. The number of carbonyl (C=O) groups excluding carboxylic acids is 1. The van der Waals surface area contributed by atoms with Crippen LogP contribution < -0.4 is 5.32 Å². The second-order valence-electron chi connectivity index (χ2n) is 5.34. The minimum absolute atomic E-state index is 0.0781. The summed E-state index contributed by atoms with van der Waals surface area (Å²) in [6.07, 6.45) is 3.42. The molecule has 8 heteroatoms. The minimum atomic E-state index is -0.220. The number of benzene rings is 1. The molecule has 0 aliphatic carbocycles. The Morgan fingerprint density at radius 3 is 2.75 bits per heavy atom. The van der Waals surface area contributed by atoms with E-state index in [1.165, 1.54) is 4.68 Å². The maximum Gasteiger partial charge on any atom is 0.247 e. The summed E-state index contributed by atoms with van der Waals surface area (Å²) in [5.41, 5.74) is 1.72. The second kappa shape index (κ2) is 7.07. The van der Waals surface area contributed by atoms with Crippen LogP contribution in [0, 0.1) is 6.92 Å². The van der Waals surface area contributed by atoms with E-state index >= 15 is 0 Å². The Hall–Kier alpha value is -2.31. The van der Waals surface area contributed by atoms with Crippen LogP contribution in [0.15, 0.2) is 42.7 Å². The third kappa shape index (κ3) is 4.15. The van der Waals surface area contributed by atoms with E-state index in [2.05, 4.69) is 15.5 Å². The van der Waals surface area contributed by atoms with Crippen molar-refractivity contribution in [1.82, 2.24) is 19.6 Å². The molecule has 0 aliphatic rings. The summed E-state index contributed by atoms with van der Waals surface area (Å²) < 4.78 is 3.23. The molecule has 0 unspecified atom stereocenters. The Kier molecular flexibility index (Phi) is 4.87. The average Bonchev–Trinajstić information content (AvgIpc) is 3.06. The van der Waals surface area contributed by atoms with Crippen molar-refractivity contribution in [2.45, 2.75) is 20.0 Å². The fourth-order valence-corrected chi connectivity index (χ4v) is 2.61. The molecule has 0 fully saturated rings. The van der Waals surface area contributed by atoms with Crippen molar-refractivity contribution in [2.75, 3.05) is 5.32 Å². The van der Waals surface area contributed by atoms with Crippen LogP contribution >= 0.6 is 23.2 Å². The van der Waals surface area contributed by atoms with E-state index in [-0.39, 0.29) is 12.5 Å². The fourth-order valence-electron chi connectivity index (χ4n) is 2.24. The molecule has 1 aromatic carbocycles. The molecule has 1 N–H and O–H groups in total. The lowest BCUT2D eigenvalue weighted by atomic mass is 10.2. The standard InChI is InChI=1S/C16H15Cl2N5O/c1-11-14(18)9-23(20-11)10-16(24)19-15-5-6-22(21-15)8-12-3-2-4-13(17)7-12/h2-7,9H,8,10H2,1H3,(H,19,21,24). The molecule has 124 valence electrons. The summed E-state index contributed by atoms with van der Waals surface area (Å²) in [4.78, 5) is 12.0. The van der Waals surface area contributed by atoms with E-state index in [0.717, 1.165) is 5.56 Å². The number of aromatic nitrogens is 4. The maximum absolute atomic E-state index is 12.0. The van der Waals surface area contributed by atoms with Crippen molar-refractivity contribution >= 4 is 34.9 Å². The van der Waals surface area contributed by atoms with Crippen molar-refractivity contribution in [3.05, 3.63) is 64.0 Å². The third-order valence-corrected chi connectivity index (χ3v) is 3.94. The van der Waals surface area contributed by atoms with Gasteiger partial charge in [0, 0.05) is 23.5 Å². The predicted molar refractivity (Wildman–Crippen MR) is 93.4 cm³/mol. The molecule has 3 rings (SSSR count). The first-order chi connectivity index (χ1) is 11.5. The largest absolute Gasteiger partial charge is 0.308 e. The molecule has 0 atom stereocenters. The second-order valence-corrected chi connectivity index (χ2v) is 6.18. The van der Waals surface area contributed by atoms with Crippen LogP contribution in [0.4, 0.5) is 5.82 Å². The molecule has 2 aromatic heterocycles. The zero-order valence-corrected chi connectivity index (χ0v) is 14.4. The molecule has 0 saturated heterocycles. The van der Waals surface area contributed by atoms with Gasteiger partial charge in [-0.3, -0.25) is 14.2 Å². The van der Waals surface area contributed by atoms with Gasteiger partial charge >= 0.3 is 0 Å². The Bertz CT molecular complexity index is 851. The topological polar surface area (TPSA) is 64.7 Å². The van der Waals surface area contributed by atoms with Crippen LogP contribution in [0.1, 0.15) is 11.3 Å². The minimum Gasteiger partial charge on any atom is -0.308 e. The molecule has 24 heavy (non-hydrogen) atoms. The van der Waals surface area contributed by atoms with Crippen molar-refractivity contribution in [3.63, 3.8) is 0 Å². The van der Waals surface area contributed by atoms with Crippen LogP contribution in [0.3, 0.4) is 0 Å². The number of nitrogens with zero attached hydrogens (tertiary/aromatic N) is 4. The first kappa shape index (κ1) is 16.5. The molecule has 6 nitrogen and oxygen atoms in total. The summed E-state index contributed by atoms with van der Waals surface area (Å²) in [5, 5.41) is 12.4. The van der Waals surface area contributed by atoms with Gasteiger partial charge in [0.1, 0.15) is 6.54 Å². The molecule has 0 bridgehead atoms. The third-order valence-electron chi connectivity index (χ3n) is 3.33. The highest BCUT2D eigenvalue weighted by atomic mass is 35.5. The van der Waals surface area contributed by atoms with E-state index in [4.69, 9.17) is 23.2 Å². The SMILES string of the molecule is Cc1nn(CC(=O)Nc2ccn(Cc3cccc(Cl)c3)n2)cc1Cl. The normalized spacial score (nSPS) is 10.8. The number of amides is 1. The maximum atomic E-state index is 12.0. The summed E-state index contributed by atoms with van der Waals surface area (Å²) >= 11 is 11.9. The summed E-state index contributed by atoms with van der Waals surface area (Å²) in [6, 6.07) is 9.30. The van der Waals surface area contributed by atoms with Crippen molar-refractivity contribution in [3.8, 4) is 0 Å². The molecule has 0 spiro atoms. The quantitative estimate of drug-likeness (QED) is 0.755. The van der Waals surface area contributed by atoms with Crippen molar-refractivity contribution in [1.29, 1.82) is 0 Å². The van der Waals surface area contributed by atoms with Gasteiger partial charge in [-0.05, 0) is 24.6 Å². The summed E-state index contributed by atoms with van der Waals surface area (Å²) in [7, 11) is 0. The van der Waals surface area contributed by atoms with Crippen LogP contribution in [0.5, 0.6) is 0 Å². The lowest BCUT2D eigenvalue weighted by Crippen LogP contribution is -2.19. The highest BCUT2D eigenvalue weighted by molar-refractivity contribution is 6.31. The number of rotatable bonds is 5. The molecule has 0 saturated carbocycles. The number of anilines is 1. The molecule has 1 amide bonds. The van der Waals surface area contributed by atoms with Gasteiger partial charge in [0.25, 0.3) is 0 Å². The number of hydrogen-bond donors (Lipinski definition) is 1. The fraction of sp³-hybridized carbons (Fsp3) is 0.188. The van der Waals surface area contributed by atoms with Gasteiger partial charge in [0.2, 0.25) is 5.91 Å². The number of halogens is 2. The van der Waals surface area contributed by atoms with Gasteiger partial charge in [0.15, 0.2) is 5.82 Å². The van der Waals surface area contributed by atoms with E-state index in [0.29, 0.717) is 28.1 Å². The summed E-state index contributed by atoms with van der Waals surface area (Å²) in [6.45, 7) is 2.44. The Balaban J connectivity index is 1.60. The van der Waals surface area contributed by atoms with Gasteiger partial charge < -0.3 is 5.32 Å². The first-order valence-corrected chi connectivity index (χ1v) is 8.02. The molecular weight excluding hydrogens is 349 g/mol. The Labute approximate surface area is 149 Å². The number of nitrogens with one attached hydrogen (secondary N) is 1. The van der Waals surface area contributed by atoms with Crippen LogP contribution in [-0.2, 0) is 17.9 Å². The molecular formula is C16H15Cl2N5O. The molecule has 0 aliphatic heterocycles. The van der Waals surface area contributed by atoms with Gasteiger partial charge in [-0.25, -0.2) is 0 Å². The van der Waals surface area contributed by atoms with Crippen LogP contribution in [-0.4, -0.2) is 25.5 Å². The number of aryl methyl sites for hydroxylation is 1. The first-order valence-electron chi connectivity index (χ1n) is 7.27. The van der Waals surface area contributed by atoms with Crippen molar-refractivity contribution < 1.29 is 4.79 Å². The summed E-state index contributed by atoms with van der Waals surface area (Å²) in [5.74, 6) is 0.263. The number of carbonyl (C=O) groups is 1. The van der Waals surface area contributed by atoms with E-state index < -0.39 is 0 Å². The smallest absolute Gasteiger partial charge is 0.247 e. The molecule has 0 radical (unpaired) electrons. The van der Waals surface area contributed by atoms with E-state index in [9.17, 15) is 4.79 Å². The molecule has 2 heterocycles. The highest BCUT2D eigenvalue weighted by Gasteiger charge is 2.09. The Morgan fingerprint density at radius 2 is 2.04 bits per heavy atom. The monoisotopic (exact) mass is 363 g/mol. The van der Waals surface area contributed by atoms with Gasteiger partial charge in [-0.1, -0.05) is 35.3 Å². The van der Waals surface area contributed by atoms with E-state index in [1.807, 2.05) is 24.3 Å². The van der Waals surface area contributed by atoms with Crippen LogP contribution in [0.2, 0.25) is 10.0 Å². The van der Waals surface area contributed by atoms with Gasteiger partial charge in [0.05, 0.1) is 17.3 Å². The van der Waals surface area contributed by atoms with E-state index in [1.54, 1.807) is 30.1 Å². The van der Waals surface area contributed by atoms with Crippen LogP contribution in [0.25, 0.3) is 0 Å². The lowest BCUT2D eigenvalue weighted by Gasteiger charge is -2.04. The molecule has 3 aromatic rings. The lowest BCUT2D eigenvalue weighted by molar-refractivity contribution is -0.116. The zero-order valence-electron chi connectivity index (χ0n) is 12.9. The number of hydrogen-bond acceptors (Lipinski definition) is 3. The van der Waals surface area contributed by atoms with Gasteiger partial charge in [-0.2, -0.15) is 10.2 Å². The van der Waals surface area contributed by atoms with Crippen molar-refractivity contribution in [2.24, 2.45) is 0 Å². The van der Waals surface area contributed by atoms with Gasteiger partial charge in [-0.15, -0.1) is 0 Å². The Morgan fingerprint density at radius 1 is 1.21 bits per heavy atom. The highest BCUT2D eigenvalue weighted by Crippen LogP contribution is 2.13. The predicted octanol–water partition coefficient (Wildman–Crippen LogP) is 3.38. The zero-order chi connectivity index (χ0) is 17.1.